The topological polar surface area (TPSA) is 61.9 Å². The van der Waals surface area contributed by atoms with Gasteiger partial charge in [-0.25, -0.2) is 0 Å². The third-order valence-corrected chi connectivity index (χ3v) is 4.37. The molecule has 2 amide bonds. The fraction of sp³-hybridized carbons (Fsp3) is 0.867. The number of likely N-dealkylation sites (N-methyl/N-ethyl adjacent to an activating group) is 1. The number of ether oxygens (including phenoxy) is 1. The number of hydrogen-bond donors (Lipinski definition) is 1. The number of piperazine rings is 1. The molecule has 0 atom stereocenters. The fourth-order valence-electron chi connectivity index (χ4n) is 2.95. The molecular weight excluding hydrogens is 270 g/mol. The Balaban J connectivity index is 1.64. The predicted octanol–water partition coefficient (Wildman–Crippen LogP) is 0.226. The summed E-state index contributed by atoms with van der Waals surface area (Å²) in [4.78, 5) is 27.4. The molecule has 120 valence electrons. The lowest BCUT2D eigenvalue weighted by Crippen LogP contribution is -2.51. The number of rotatable bonds is 5. The largest absolute Gasteiger partial charge is 0.368 e. The lowest BCUT2D eigenvalue weighted by atomic mass is 9.98. The van der Waals surface area contributed by atoms with E-state index in [0.717, 1.165) is 25.9 Å². The van der Waals surface area contributed by atoms with Crippen LogP contribution in [0, 0.1) is 0 Å². The average molecular weight is 297 g/mol. The maximum Gasteiger partial charge on any atom is 0.248 e. The zero-order valence-electron chi connectivity index (χ0n) is 13.0. The summed E-state index contributed by atoms with van der Waals surface area (Å²) in [5, 5.41) is 2.62. The van der Waals surface area contributed by atoms with Crippen LogP contribution >= 0.6 is 0 Å². The Hall–Kier alpha value is -1.14. The van der Waals surface area contributed by atoms with Gasteiger partial charge in [-0.3, -0.25) is 14.5 Å². The molecule has 0 aromatic carbocycles. The average Bonchev–Trinajstić information content (AvgIpc) is 2.54. The van der Waals surface area contributed by atoms with E-state index in [9.17, 15) is 9.59 Å². The first kappa shape index (κ1) is 16.2. The van der Waals surface area contributed by atoms with Crippen LogP contribution in [-0.4, -0.2) is 74.1 Å². The number of hydrogen-bond acceptors (Lipinski definition) is 4. The van der Waals surface area contributed by atoms with Crippen molar-refractivity contribution in [3.63, 3.8) is 0 Å². The molecule has 6 heteroatoms. The van der Waals surface area contributed by atoms with Gasteiger partial charge < -0.3 is 15.0 Å². The Morgan fingerprint density at radius 1 is 1.10 bits per heavy atom. The highest BCUT2D eigenvalue weighted by molar-refractivity contribution is 5.78. The minimum absolute atomic E-state index is 0.0235. The van der Waals surface area contributed by atoms with Gasteiger partial charge in [-0.15, -0.1) is 0 Å². The third-order valence-electron chi connectivity index (χ3n) is 4.37. The molecule has 6 nitrogen and oxygen atoms in total. The van der Waals surface area contributed by atoms with Gasteiger partial charge >= 0.3 is 0 Å². The molecule has 0 radical (unpaired) electrons. The molecular formula is C15H27N3O3. The zero-order chi connectivity index (χ0) is 15.1. The van der Waals surface area contributed by atoms with E-state index in [0.29, 0.717) is 19.6 Å². The van der Waals surface area contributed by atoms with E-state index < -0.39 is 0 Å². The number of carbonyl (C=O) groups is 2. The molecule has 0 aromatic heterocycles. The Bertz CT molecular complexity index is 348. The first-order valence-corrected chi connectivity index (χ1v) is 8.01. The highest BCUT2D eigenvalue weighted by Gasteiger charge is 2.23. The van der Waals surface area contributed by atoms with Crippen LogP contribution in [0.2, 0.25) is 0 Å². The number of nitrogens with one attached hydrogen (secondary N) is 1. The van der Waals surface area contributed by atoms with E-state index in [-0.39, 0.29) is 24.5 Å². The van der Waals surface area contributed by atoms with Gasteiger partial charge in [0.05, 0.1) is 12.6 Å². The van der Waals surface area contributed by atoms with Gasteiger partial charge in [0.1, 0.15) is 6.61 Å². The Labute approximate surface area is 126 Å². The zero-order valence-corrected chi connectivity index (χ0v) is 13.0. The summed E-state index contributed by atoms with van der Waals surface area (Å²) in [6.45, 7) is 3.50. The van der Waals surface area contributed by atoms with Crippen molar-refractivity contribution < 1.29 is 14.3 Å². The van der Waals surface area contributed by atoms with E-state index in [1.54, 1.807) is 7.05 Å². The van der Waals surface area contributed by atoms with Crippen LogP contribution in [-0.2, 0) is 14.3 Å². The Morgan fingerprint density at radius 3 is 2.38 bits per heavy atom. The molecule has 21 heavy (non-hydrogen) atoms. The molecule has 2 aliphatic rings. The molecule has 1 N–H and O–H groups in total. The highest BCUT2D eigenvalue weighted by atomic mass is 16.5. The predicted molar refractivity (Wildman–Crippen MR) is 79.9 cm³/mol. The SMILES string of the molecule is CNC(=O)CN1CCN(C(=O)COC2CCCCC2)CC1. The smallest absolute Gasteiger partial charge is 0.248 e. The molecule has 0 unspecified atom stereocenters. The second-order valence-corrected chi connectivity index (χ2v) is 5.90. The van der Waals surface area contributed by atoms with Crippen molar-refractivity contribution in [2.45, 2.75) is 38.2 Å². The summed E-state index contributed by atoms with van der Waals surface area (Å²) in [6.07, 6.45) is 6.19. The highest BCUT2D eigenvalue weighted by Crippen LogP contribution is 2.20. The van der Waals surface area contributed by atoms with Crippen molar-refractivity contribution in [1.82, 2.24) is 15.1 Å². The van der Waals surface area contributed by atoms with Crippen LogP contribution in [0.3, 0.4) is 0 Å². The first-order valence-electron chi connectivity index (χ1n) is 8.01. The minimum Gasteiger partial charge on any atom is -0.368 e. The molecule has 2 fully saturated rings. The van der Waals surface area contributed by atoms with Crippen molar-refractivity contribution in [3.05, 3.63) is 0 Å². The van der Waals surface area contributed by atoms with Gasteiger partial charge in [-0.2, -0.15) is 0 Å². The Kier molecular flexibility index (Phi) is 6.45. The van der Waals surface area contributed by atoms with Gasteiger partial charge in [0.15, 0.2) is 0 Å². The minimum atomic E-state index is 0.0235. The normalized spacial score (nSPS) is 21.3. The van der Waals surface area contributed by atoms with Crippen molar-refractivity contribution in [2.75, 3.05) is 46.4 Å². The maximum atomic E-state index is 12.1. The van der Waals surface area contributed by atoms with Crippen LogP contribution in [0.15, 0.2) is 0 Å². The second-order valence-electron chi connectivity index (χ2n) is 5.90. The molecule has 1 saturated carbocycles. The maximum absolute atomic E-state index is 12.1. The van der Waals surface area contributed by atoms with Crippen molar-refractivity contribution >= 4 is 11.8 Å². The summed E-state index contributed by atoms with van der Waals surface area (Å²) < 4.78 is 5.74. The van der Waals surface area contributed by atoms with Crippen LogP contribution in [0.1, 0.15) is 32.1 Å². The molecule has 1 saturated heterocycles. The molecule has 0 aromatic rings. The molecule has 2 rings (SSSR count). The summed E-state index contributed by atoms with van der Waals surface area (Å²) in [5.41, 5.74) is 0. The van der Waals surface area contributed by atoms with Gasteiger partial charge in [0, 0.05) is 33.2 Å². The van der Waals surface area contributed by atoms with Gasteiger partial charge in [0.2, 0.25) is 11.8 Å². The first-order chi connectivity index (χ1) is 10.2. The van der Waals surface area contributed by atoms with Crippen molar-refractivity contribution in [3.8, 4) is 0 Å². The quantitative estimate of drug-likeness (QED) is 0.789. The fourth-order valence-corrected chi connectivity index (χ4v) is 2.95. The molecule has 0 spiro atoms. The second kappa shape index (κ2) is 8.34. The van der Waals surface area contributed by atoms with Crippen LogP contribution in [0.4, 0.5) is 0 Å². The monoisotopic (exact) mass is 297 g/mol. The Morgan fingerprint density at radius 2 is 1.76 bits per heavy atom. The van der Waals surface area contributed by atoms with E-state index in [1.807, 2.05) is 4.90 Å². The van der Waals surface area contributed by atoms with Crippen molar-refractivity contribution in [2.24, 2.45) is 0 Å². The van der Waals surface area contributed by atoms with E-state index in [1.165, 1.54) is 19.3 Å². The summed E-state index contributed by atoms with van der Waals surface area (Å²) >= 11 is 0. The summed E-state index contributed by atoms with van der Waals surface area (Å²) in [5.74, 6) is 0.107. The lowest BCUT2D eigenvalue weighted by molar-refractivity contribution is -0.140. The molecule has 1 aliphatic heterocycles. The number of carbonyl (C=O) groups excluding carboxylic acids is 2. The standard InChI is InChI=1S/C15H27N3O3/c1-16-14(19)11-17-7-9-18(10-8-17)15(20)12-21-13-5-3-2-4-6-13/h13H,2-12H2,1H3,(H,16,19). The molecule has 1 aliphatic carbocycles. The van der Waals surface area contributed by atoms with Gasteiger partial charge in [-0.05, 0) is 12.8 Å². The number of amides is 2. The third kappa shape index (κ3) is 5.28. The van der Waals surface area contributed by atoms with Gasteiger partial charge in [0.25, 0.3) is 0 Å². The molecule has 0 bridgehead atoms. The summed E-state index contributed by atoms with van der Waals surface area (Å²) in [6, 6.07) is 0. The van der Waals surface area contributed by atoms with Crippen molar-refractivity contribution in [1.29, 1.82) is 0 Å². The van der Waals surface area contributed by atoms with E-state index >= 15 is 0 Å². The number of nitrogens with zero attached hydrogens (tertiary/aromatic N) is 2. The summed E-state index contributed by atoms with van der Waals surface area (Å²) in [7, 11) is 1.64. The lowest BCUT2D eigenvalue weighted by Gasteiger charge is -2.34. The van der Waals surface area contributed by atoms with Gasteiger partial charge in [-0.1, -0.05) is 19.3 Å². The van der Waals surface area contributed by atoms with Crippen LogP contribution < -0.4 is 5.32 Å². The van der Waals surface area contributed by atoms with Crippen LogP contribution in [0.25, 0.3) is 0 Å². The van der Waals surface area contributed by atoms with E-state index in [4.69, 9.17) is 4.74 Å². The van der Waals surface area contributed by atoms with E-state index in [2.05, 4.69) is 10.2 Å². The van der Waals surface area contributed by atoms with Crippen LogP contribution in [0.5, 0.6) is 0 Å². The molecule has 1 heterocycles.